The Morgan fingerprint density at radius 2 is 0.736 bits per heavy atom. The zero-order valence-electron chi connectivity index (χ0n) is 29.2. The molecule has 0 aliphatic carbocycles. The second kappa shape index (κ2) is 12.8. The molecule has 0 saturated carbocycles. The smallest absolute Gasteiger partial charge is 0.138 e. The van der Waals surface area contributed by atoms with Crippen LogP contribution in [0, 0.1) is 36.5 Å². The topological polar surface area (TPSA) is 67.2 Å². The number of hydrogen-bond acceptors (Lipinski definition) is 5. The summed E-state index contributed by atoms with van der Waals surface area (Å²) in [4.78, 5) is 4.48. The Hall–Kier alpha value is -7.34. The molecule has 0 unspecified atom stereocenters. The van der Waals surface area contributed by atoms with Gasteiger partial charge < -0.3 is 14.2 Å². The van der Waals surface area contributed by atoms with Crippen molar-refractivity contribution < 1.29 is 4.42 Å². The molecule has 9 aromatic rings. The Kier molecular flexibility index (Phi) is 7.62. The molecule has 53 heavy (non-hydrogen) atoms. The second-order valence-corrected chi connectivity index (χ2v) is 13.4. The Morgan fingerprint density at radius 3 is 1.08 bits per heavy atom. The van der Waals surface area contributed by atoms with Gasteiger partial charge in [-0.05, 0) is 97.4 Å². The van der Waals surface area contributed by atoms with E-state index in [0.29, 0.717) is 11.1 Å². The molecular weight excluding hydrogens is 649 g/mol. The molecule has 0 atom stereocenters. The maximum absolute atomic E-state index is 9.56. The number of benzene rings is 8. The molecular formula is C48H32N4O. The van der Waals surface area contributed by atoms with E-state index in [9.17, 15) is 10.5 Å². The lowest BCUT2D eigenvalue weighted by molar-refractivity contribution is 0.669. The molecule has 9 rings (SSSR count). The summed E-state index contributed by atoms with van der Waals surface area (Å²) in [6.45, 7) is 4.18. The highest BCUT2D eigenvalue weighted by molar-refractivity contribution is 6.30. The van der Waals surface area contributed by atoms with E-state index in [1.165, 1.54) is 11.1 Å². The molecule has 0 spiro atoms. The van der Waals surface area contributed by atoms with Crippen LogP contribution in [0.15, 0.2) is 162 Å². The summed E-state index contributed by atoms with van der Waals surface area (Å²) < 4.78 is 6.97. The first kappa shape index (κ1) is 31.6. The van der Waals surface area contributed by atoms with Gasteiger partial charge in [0.25, 0.3) is 0 Å². The van der Waals surface area contributed by atoms with Gasteiger partial charge >= 0.3 is 0 Å². The lowest BCUT2D eigenvalue weighted by Gasteiger charge is -2.27. The highest BCUT2D eigenvalue weighted by atomic mass is 16.3. The van der Waals surface area contributed by atoms with E-state index in [2.05, 4.69) is 145 Å². The minimum Gasteiger partial charge on any atom is -0.456 e. The van der Waals surface area contributed by atoms with Crippen molar-refractivity contribution in [2.45, 2.75) is 13.8 Å². The molecule has 0 aliphatic rings. The number of furan rings is 1. The van der Waals surface area contributed by atoms with E-state index in [-0.39, 0.29) is 0 Å². The SMILES string of the molecule is Cc1ccc(N(c2ccc(C#N)cc2)c2cc3oc4cc(N(c5ccc(C)cc5)c5ccc(C#N)cc5)c5ccccc5c4c3c3ccccc23)cc1. The van der Waals surface area contributed by atoms with Crippen LogP contribution in [-0.4, -0.2) is 0 Å². The van der Waals surface area contributed by atoms with Crippen LogP contribution < -0.4 is 9.80 Å². The number of hydrogen-bond donors (Lipinski definition) is 0. The molecule has 0 aliphatic heterocycles. The maximum atomic E-state index is 9.56. The van der Waals surface area contributed by atoms with E-state index in [1.807, 2.05) is 48.5 Å². The molecule has 1 heterocycles. The average Bonchev–Trinajstić information content (AvgIpc) is 3.59. The van der Waals surface area contributed by atoms with Gasteiger partial charge in [-0.1, -0.05) is 83.9 Å². The van der Waals surface area contributed by atoms with E-state index in [0.717, 1.165) is 77.6 Å². The highest BCUT2D eigenvalue weighted by Crippen LogP contribution is 2.49. The minimum absolute atomic E-state index is 0.610. The summed E-state index contributed by atoms with van der Waals surface area (Å²) in [7, 11) is 0. The fraction of sp³-hybridized carbons (Fsp3) is 0.0417. The molecule has 0 fully saturated rings. The van der Waals surface area contributed by atoms with E-state index in [4.69, 9.17) is 4.42 Å². The van der Waals surface area contributed by atoms with Gasteiger partial charge in [0.1, 0.15) is 11.2 Å². The van der Waals surface area contributed by atoms with Crippen LogP contribution in [0.4, 0.5) is 34.1 Å². The number of anilines is 6. The monoisotopic (exact) mass is 680 g/mol. The third-order valence-corrected chi connectivity index (χ3v) is 10.0. The number of nitrogens with zero attached hydrogens (tertiary/aromatic N) is 4. The zero-order valence-corrected chi connectivity index (χ0v) is 29.2. The molecule has 0 bridgehead atoms. The lowest BCUT2D eigenvalue weighted by Crippen LogP contribution is -2.10. The third kappa shape index (κ3) is 5.40. The Morgan fingerprint density at radius 1 is 0.415 bits per heavy atom. The van der Waals surface area contributed by atoms with E-state index >= 15 is 0 Å². The summed E-state index contributed by atoms with van der Waals surface area (Å²) >= 11 is 0. The van der Waals surface area contributed by atoms with Crippen LogP contribution in [0.2, 0.25) is 0 Å². The predicted octanol–water partition coefficient (Wildman–Crippen LogP) is 13.2. The molecule has 5 nitrogen and oxygen atoms in total. The van der Waals surface area contributed by atoms with Gasteiger partial charge in [-0.3, -0.25) is 0 Å². The van der Waals surface area contributed by atoms with E-state index in [1.54, 1.807) is 0 Å². The number of aryl methyl sites for hydroxylation is 2. The Labute approximate surface area is 307 Å². The first-order valence-corrected chi connectivity index (χ1v) is 17.5. The first-order valence-electron chi connectivity index (χ1n) is 17.5. The minimum atomic E-state index is 0.610. The van der Waals surface area contributed by atoms with Crippen molar-refractivity contribution >= 4 is 77.6 Å². The van der Waals surface area contributed by atoms with Gasteiger partial charge in [-0.15, -0.1) is 0 Å². The summed E-state index contributed by atoms with van der Waals surface area (Å²) in [5.74, 6) is 0. The number of fused-ring (bicyclic) bond motifs is 7. The maximum Gasteiger partial charge on any atom is 0.138 e. The van der Waals surface area contributed by atoms with Gasteiger partial charge in [0.2, 0.25) is 0 Å². The largest absolute Gasteiger partial charge is 0.456 e. The van der Waals surface area contributed by atoms with Crippen LogP contribution in [0.3, 0.4) is 0 Å². The van der Waals surface area contributed by atoms with Crippen molar-refractivity contribution in [3.63, 3.8) is 0 Å². The van der Waals surface area contributed by atoms with Crippen LogP contribution in [-0.2, 0) is 0 Å². The fourth-order valence-electron chi connectivity index (χ4n) is 7.44. The Bertz CT molecular complexity index is 2710. The van der Waals surface area contributed by atoms with Gasteiger partial charge in [0.15, 0.2) is 0 Å². The predicted molar refractivity (Wildman–Crippen MR) is 217 cm³/mol. The first-order chi connectivity index (χ1) is 26.0. The van der Waals surface area contributed by atoms with Gasteiger partial charge in [0, 0.05) is 56.4 Å². The fourth-order valence-corrected chi connectivity index (χ4v) is 7.44. The molecule has 0 N–H and O–H groups in total. The van der Waals surface area contributed by atoms with Crippen molar-refractivity contribution in [3.05, 3.63) is 180 Å². The molecule has 0 amide bonds. The van der Waals surface area contributed by atoms with Crippen LogP contribution in [0.1, 0.15) is 22.3 Å². The molecule has 0 radical (unpaired) electrons. The highest BCUT2D eigenvalue weighted by Gasteiger charge is 2.24. The van der Waals surface area contributed by atoms with Gasteiger partial charge in [0.05, 0.1) is 34.6 Å². The normalized spacial score (nSPS) is 11.2. The van der Waals surface area contributed by atoms with Crippen molar-refractivity contribution in [3.8, 4) is 12.1 Å². The number of rotatable bonds is 6. The summed E-state index contributed by atoms with van der Waals surface area (Å²) in [5.41, 5.74) is 11.0. The van der Waals surface area contributed by atoms with Gasteiger partial charge in [-0.25, -0.2) is 0 Å². The summed E-state index contributed by atoms with van der Waals surface area (Å²) in [5, 5.41) is 25.6. The lowest BCUT2D eigenvalue weighted by atomic mass is 9.96. The summed E-state index contributed by atoms with van der Waals surface area (Å²) in [6, 6.07) is 58.3. The van der Waals surface area contributed by atoms with Crippen molar-refractivity contribution in [1.29, 1.82) is 10.5 Å². The van der Waals surface area contributed by atoms with Crippen LogP contribution >= 0.6 is 0 Å². The number of nitriles is 2. The molecule has 250 valence electrons. The molecule has 1 aromatic heterocycles. The molecule has 8 aromatic carbocycles. The van der Waals surface area contributed by atoms with Gasteiger partial charge in [-0.2, -0.15) is 10.5 Å². The average molecular weight is 681 g/mol. The molecule has 5 heteroatoms. The summed E-state index contributed by atoms with van der Waals surface area (Å²) in [6.07, 6.45) is 0. The zero-order chi connectivity index (χ0) is 36.1. The van der Waals surface area contributed by atoms with Crippen molar-refractivity contribution in [1.82, 2.24) is 0 Å². The Balaban J connectivity index is 1.34. The van der Waals surface area contributed by atoms with Crippen LogP contribution in [0.25, 0.3) is 43.5 Å². The van der Waals surface area contributed by atoms with Crippen molar-refractivity contribution in [2.24, 2.45) is 0 Å². The second-order valence-electron chi connectivity index (χ2n) is 13.4. The molecule has 0 saturated heterocycles. The quantitative estimate of drug-likeness (QED) is 0.175. The van der Waals surface area contributed by atoms with Crippen LogP contribution in [0.5, 0.6) is 0 Å². The standard InChI is InChI=1S/C48H32N4O/c1-31-11-19-35(20-12-31)51(37-23-15-33(29-49)16-24-37)43-27-45-47(41-9-5-3-7-39(41)43)48-42-10-6-4-8-40(42)44(28-46(48)53-45)52(36-21-13-32(2)14-22-36)38-25-17-34(30-50)18-26-38/h3-28H,1-2H3. The van der Waals surface area contributed by atoms with Crippen molar-refractivity contribution in [2.75, 3.05) is 9.80 Å². The van der Waals surface area contributed by atoms with E-state index < -0.39 is 0 Å². The third-order valence-electron chi connectivity index (χ3n) is 10.0.